The molecule has 6 nitrogen and oxygen atoms in total. The van der Waals surface area contributed by atoms with Gasteiger partial charge in [-0.1, -0.05) is 23.2 Å². The molecule has 116 valence electrons. The summed E-state index contributed by atoms with van der Waals surface area (Å²) < 4.78 is 27.2. The Bertz CT molecular complexity index is 859. The molecule has 2 rings (SSSR count). The van der Waals surface area contributed by atoms with Gasteiger partial charge in [-0.2, -0.15) is 0 Å². The second-order valence-electron chi connectivity index (χ2n) is 4.11. The van der Waals surface area contributed by atoms with Crippen molar-refractivity contribution < 1.29 is 13.2 Å². The number of hydrogen-bond acceptors (Lipinski definition) is 4. The van der Waals surface area contributed by atoms with Crippen molar-refractivity contribution in [3.63, 3.8) is 0 Å². The maximum absolute atomic E-state index is 12.3. The molecule has 2 aromatic rings. The molecule has 10 heteroatoms. The zero-order valence-corrected chi connectivity index (χ0v) is 14.6. The second-order valence-corrected chi connectivity index (χ2v) is 7.41. The van der Waals surface area contributed by atoms with Crippen molar-refractivity contribution in [3.05, 3.63) is 50.7 Å². The highest BCUT2D eigenvalue weighted by molar-refractivity contribution is 9.10. The molecule has 0 saturated carbocycles. The van der Waals surface area contributed by atoms with Crippen LogP contribution in [0.4, 0.5) is 5.69 Å². The third kappa shape index (κ3) is 3.70. The number of nitrogens with two attached hydrogens (primary N) is 1. The highest BCUT2D eigenvalue weighted by Gasteiger charge is 2.17. The van der Waals surface area contributed by atoms with Gasteiger partial charge in [0.2, 0.25) is 5.91 Å². The molecule has 0 aliphatic rings. The van der Waals surface area contributed by atoms with Crippen molar-refractivity contribution >= 4 is 60.7 Å². The first-order chi connectivity index (χ1) is 10.2. The lowest BCUT2D eigenvalue weighted by atomic mass is 10.2. The number of halogens is 3. The van der Waals surface area contributed by atoms with E-state index in [-0.39, 0.29) is 26.3 Å². The summed E-state index contributed by atoms with van der Waals surface area (Å²) in [4.78, 5) is 14.9. The van der Waals surface area contributed by atoms with Crippen molar-refractivity contribution in [2.75, 3.05) is 4.72 Å². The van der Waals surface area contributed by atoms with Crippen LogP contribution in [0.5, 0.6) is 0 Å². The Labute approximate surface area is 144 Å². The molecule has 22 heavy (non-hydrogen) atoms. The van der Waals surface area contributed by atoms with Crippen LogP contribution in [0.1, 0.15) is 10.4 Å². The SMILES string of the molecule is NC(=O)c1cc(NS(=O)(=O)c2cnc(Cl)c(Br)c2)ccc1Cl. The fraction of sp³-hybridized carbons (Fsp3) is 0. The fourth-order valence-electron chi connectivity index (χ4n) is 1.54. The highest BCUT2D eigenvalue weighted by Crippen LogP contribution is 2.25. The van der Waals surface area contributed by atoms with E-state index in [1.807, 2.05) is 0 Å². The minimum atomic E-state index is -3.90. The number of benzene rings is 1. The van der Waals surface area contributed by atoms with Crippen LogP contribution in [-0.2, 0) is 10.0 Å². The Balaban J connectivity index is 2.38. The normalized spacial score (nSPS) is 11.2. The van der Waals surface area contributed by atoms with Crippen LogP contribution >= 0.6 is 39.1 Å². The number of amides is 1. The van der Waals surface area contributed by atoms with Gasteiger partial charge in [-0.05, 0) is 40.2 Å². The summed E-state index contributed by atoms with van der Waals surface area (Å²) in [5, 5.41) is 0.271. The minimum absolute atomic E-state index is 0.0114. The monoisotopic (exact) mass is 423 g/mol. The van der Waals surface area contributed by atoms with Crippen molar-refractivity contribution in [2.24, 2.45) is 5.73 Å². The number of carbonyl (C=O) groups excluding carboxylic acids is 1. The quantitative estimate of drug-likeness (QED) is 0.736. The summed E-state index contributed by atoms with van der Waals surface area (Å²) >= 11 is 14.6. The third-order valence-corrected chi connectivity index (χ3v) is 5.38. The van der Waals surface area contributed by atoms with Gasteiger partial charge < -0.3 is 5.73 Å². The smallest absolute Gasteiger partial charge is 0.263 e. The molecule has 0 radical (unpaired) electrons. The van der Waals surface area contributed by atoms with Gasteiger partial charge in [0, 0.05) is 11.9 Å². The van der Waals surface area contributed by atoms with Gasteiger partial charge in [0.05, 0.1) is 15.1 Å². The maximum Gasteiger partial charge on any atom is 0.263 e. The first-order valence-corrected chi connectivity index (χ1v) is 8.67. The number of primary amides is 1. The van der Waals surface area contributed by atoms with Gasteiger partial charge in [-0.15, -0.1) is 0 Å². The first-order valence-electron chi connectivity index (χ1n) is 5.64. The van der Waals surface area contributed by atoms with E-state index in [9.17, 15) is 13.2 Å². The molecule has 0 spiro atoms. The average molecular weight is 425 g/mol. The van der Waals surface area contributed by atoms with Crippen LogP contribution in [-0.4, -0.2) is 19.3 Å². The minimum Gasteiger partial charge on any atom is -0.366 e. The zero-order valence-electron chi connectivity index (χ0n) is 10.7. The lowest BCUT2D eigenvalue weighted by Crippen LogP contribution is -2.15. The van der Waals surface area contributed by atoms with Crippen LogP contribution in [0.3, 0.4) is 0 Å². The van der Waals surface area contributed by atoms with E-state index in [2.05, 4.69) is 25.6 Å². The molecule has 0 aliphatic carbocycles. The molecule has 0 saturated heterocycles. The molecule has 0 unspecified atom stereocenters. The topological polar surface area (TPSA) is 102 Å². The maximum atomic E-state index is 12.3. The number of anilines is 1. The van der Waals surface area contributed by atoms with E-state index < -0.39 is 15.9 Å². The fourth-order valence-corrected chi connectivity index (χ4v) is 3.38. The molecule has 1 aromatic heterocycles. The van der Waals surface area contributed by atoms with Gasteiger partial charge >= 0.3 is 0 Å². The van der Waals surface area contributed by atoms with Crippen LogP contribution in [0, 0.1) is 0 Å². The van der Waals surface area contributed by atoms with Crippen molar-refractivity contribution in [1.29, 1.82) is 0 Å². The van der Waals surface area contributed by atoms with Crippen LogP contribution in [0.15, 0.2) is 39.8 Å². The molecular formula is C12H8BrCl2N3O3S. The molecule has 0 atom stereocenters. The molecule has 0 aliphatic heterocycles. The van der Waals surface area contributed by atoms with E-state index in [1.165, 1.54) is 24.3 Å². The van der Waals surface area contributed by atoms with Crippen molar-refractivity contribution in [1.82, 2.24) is 4.98 Å². The number of nitrogens with zero attached hydrogens (tertiary/aromatic N) is 1. The molecule has 0 fully saturated rings. The van der Waals surface area contributed by atoms with E-state index in [0.29, 0.717) is 4.47 Å². The van der Waals surface area contributed by atoms with Gasteiger partial charge in [0.25, 0.3) is 10.0 Å². The first kappa shape index (κ1) is 17.0. The molecule has 1 heterocycles. The predicted molar refractivity (Wildman–Crippen MR) is 87.7 cm³/mol. The number of pyridine rings is 1. The summed E-state index contributed by atoms with van der Waals surface area (Å²) in [6.45, 7) is 0. The highest BCUT2D eigenvalue weighted by atomic mass is 79.9. The van der Waals surface area contributed by atoms with Gasteiger partial charge in [0.15, 0.2) is 0 Å². The Kier molecular flexibility index (Phi) is 4.96. The summed E-state index contributed by atoms with van der Waals surface area (Å²) in [5.74, 6) is -0.762. The van der Waals surface area contributed by atoms with Crippen LogP contribution < -0.4 is 10.5 Å². The summed E-state index contributed by atoms with van der Waals surface area (Å²) in [5.41, 5.74) is 5.32. The Morgan fingerprint density at radius 3 is 2.55 bits per heavy atom. The Morgan fingerprint density at radius 2 is 1.95 bits per heavy atom. The number of nitrogens with one attached hydrogen (secondary N) is 1. The molecule has 3 N–H and O–H groups in total. The number of rotatable bonds is 4. The van der Waals surface area contributed by atoms with Crippen molar-refractivity contribution in [3.8, 4) is 0 Å². The summed E-state index contributed by atoms with van der Waals surface area (Å²) in [6.07, 6.45) is 1.11. The van der Waals surface area contributed by atoms with Gasteiger partial charge in [-0.25, -0.2) is 13.4 Å². The Morgan fingerprint density at radius 1 is 1.27 bits per heavy atom. The standard InChI is InChI=1S/C12H8BrCl2N3O3S/c13-9-4-7(5-17-11(9)15)22(20,21)18-6-1-2-10(14)8(3-6)12(16)19/h1-5,18H,(H2,16,19). The molecule has 1 aromatic carbocycles. The summed E-state index contributed by atoms with van der Waals surface area (Å²) in [6, 6.07) is 5.34. The predicted octanol–water partition coefficient (Wildman–Crippen LogP) is 3.05. The van der Waals surface area contributed by atoms with E-state index in [4.69, 9.17) is 28.9 Å². The van der Waals surface area contributed by atoms with Gasteiger partial charge in [-0.3, -0.25) is 9.52 Å². The van der Waals surface area contributed by atoms with Gasteiger partial charge in [0.1, 0.15) is 10.0 Å². The number of hydrogen-bond donors (Lipinski definition) is 2. The number of sulfonamides is 1. The number of aromatic nitrogens is 1. The van der Waals surface area contributed by atoms with Crippen LogP contribution in [0.25, 0.3) is 0 Å². The van der Waals surface area contributed by atoms with E-state index >= 15 is 0 Å². The van der Waals surface area contributed by atoms with Crippen LogP contribution in [0.2, 0.25) is 10.2 Å². The zero-order chi connectivity index (χ0) is 16.5. The Hall–Kier alpha value is -1.35. The summed E-state index contributed by atoms with van der Waals surface area (Å²) in [7, 11) is -3.90. The van der Waals surface area contributed by atoms with E-state index in [1.54, 1.807) is 0 Å². The molecule has 1 amide bonds. The number of carbonyl (C=O) groups is 1. The second kappa shape index (κ2) is 6.41. The molecule has 0 bridgehead atoms. The lowest BCUT2D eigenvalue weighted by Gasteiger charge is -2.10. The average Bonchev–Trinajstić information content (AvgIpc) is 2.43. The van der Waals surface area contributed by atoms with Crippen molar-refractivity contribution in [2.45, 2.75) is 4.90 Å². The largest absolute Gasteiger partial charge is 0.366 e. The van der Waals surface area contributed by atoms with E-state index in [0.717, 1.165) is 6.20 Å². The molecular weight excluding hydrogens is 417 g/mol. The third-order valence-electron chi connectivity index (χ3n) is 2.57. The lowest BCUT2D eigenvalue weighted by molar-refractivity contribution is 0.100.